The van der Waals surface area contributed by atoms with Gasteiger partial charge < -0.3 is 4.74 Å². The zero-order chi connectivity index (χ0) is 10.6. The van der Waals surface area contributed by atoms with Crippen molar-refractivity contribution in [1.29, 1.82) is 0 Å². The molecule has 0 N–H and O–H groups in total. The normalized spacial score (nSPS) is 10.6. The average Bonchev–Trinajstić information content (AvgIpc) is 2.51. The summed E-state index contributed by atoms with van der Waals surface area (Å²) in [7, 11) is 0. The lowest BCUT2D eigenvalue weighted by Gasteiger charge is -2.06. The highest BCUT2D eigenvalue weighted by atomic mass is 32.1. The molecule has 0 unspecified atom stereocenters. The molecule has 1 heterocycles. The summed E-state index contributed by atoms with van der Waals surface area (Å²) in [6.45, 7) is 5.69. The number of carbonyl (C=O) groups is 1. The molecule has 0 radical (unpaired) electrons. The van der Waals surface area contributed by atoms with Crippen LogP contribution in [0.3, 0.4) is 0 Å². The van der Waals surface area contributed by atoms with E-state index in [2.05, 4.69) is 9.59 Å². The Morgan fingerprint density at radius 1 is 1.57 bits per heavy atom. The van der Waals surface area contributed by atoms with Crippen molar-refractivity contribution in [2.24, 2.45) is 0 Å². The van der Waals surface area contributed by atoms with Crippen molar-refractivity contribution in [3.8, 4) is 0 Å². The van der Waals surface area contributed by atoms with Crippen LogP contribution in [-0.4, -0.2) is 21.7 Å². The quantitative estimate of drug-likeness (QED) is 0.720. The van der Waals surface area contributed by atoms with Crippen LogP contribution in [0.25, 0.3) is 0 Å². The molecule has 1 aromatic heterocycles. The van der Waals surface area contributed by atoms with Gasteiger partial charge in [-0.3, -0.25) is 0 Å². The molecule has 78 valence electrons. The maximum Gasteiger partial charge on any atom is 0.352 e. The number of aryl methyl sites for hydroxylation is 1. The number of hydrogen-bond donors (Lipinski definition) is 0. The van der Waals surface area contributed by atoms with Gasteiger partial charge >= 0.3 is 5.97 Å². The third-order valence-electron chi connectivity index (χ3n) is 1.57. The van der Waals surface area contributed by atoms with Crippen LogP contribution in [0, 0.1) is 0 Å². The Bertz CT molecular complexity index is 310. The standard InChI is InChI=1S/C9H14N2O2S/c1-4-5-7-8(14-11-10-7)9(12)13-6(2)3/h6H,4-5H2,1-3H3. The molecule has 0 saturated heterocycles. The minimum atomic E-state index is -0.307. The Morgan fingerprint density at radius 2 is 2.29 bits per heavy atom. The lowest BCUT2D eigenvalue weighted by Crippen LogP contribution is -2.12. The highest BCUT2D eigenvalue weighted by Gasteiger charge is 2.17. The first-order valence-corrected chi connectivity index (χ1v) is 5.44. The zero-order valence-electron chi connectivity index (χ0n) is 8.61. The van der Waals surface area contributed by atoms with Crippen LogP contribution in [0.4, 0.5) is 0 Å². The minimum absolute atomic E-state index is 0.0981. The number of rotatable bonds is 4. The van der Waals surface area contributed by atoms with Crippen molar-refractivity contribution in [3.05, 3.63) is 10.6 Å². The van der Waals surface area contributed by atoms with Gasteiger partial charge in [0.15, 0.2) is 4.88 Å². The first-order chi connectivity index (χ1) is 6.65. The second-order valence-corrected chi connectivity index (χ2v) is 4.01. The van der Waals surface area contributed by atoms with E-state index in [1.165, 1.54) is 0 Å². The van der Waals surface area contributed by atoms with Crippen LogP contribution in [0.2, 0.25) is 0 Å². The highest BCUT2D eigenvalue weighted by Crippen LogP contribution is 2.14. The fourth-order valence-corrected chi connectivity index (χ4v) is 1.62. The van der Waals surface area contributed by atoms with Crippen molar-refractivity contribution in [1.82, 2.24) is 9.59 Å². The summed E-state index contributed by atoms with van der Waals surface area (Å²) in [5.74, 6) is -0.307. The van der Waals surface area contributed by atoms with E-state index < -0.39 is 0 Å². The number of ether oxygens (including phenoxy) is 1. The second-order valence-electron chi connectivity index (χ2n) is 3.25. The topological polar surface area (TPSA) is 52.1 Å². The molecule has 0 aromatic carbocycles. The summed E-state index contributed by atoms with van der Waals surface area (Å²) in [5.41, 5.74) is 0.753. The monoisotopic (exact) mass is 214 g/mol. The first-order valence-electron chi connectivity index (χ1n) is 4.67. The second kappa shape index (κ2) is 5.05. The van der Waals surface area contributed by atoms with Gasteiger partial charge in [-0.2, -0.15) is 0 Å². The molecule has 0 aliphatic heterocycles. The Hall–Kier alpha value is -0.970. The van der Waals surface area contributed by atoms with Crippen LogP contribution in [0.5, 0.6) is 0 Å². The van der Waals surface area contributed by atoms with Gasteiger partial charge in [0.25, 0.3) is 0 Å². The van der Waals surface area contributed by atoms with E-state index in [9.17, 15) is 4.79 Å². The molecule has 1 aromatic rings. The van der Waals surface area contributed by atoms with Crippen LogP contribution < -0.4 is 0 Å². The average molecular weight is 214 g/mol. The summed E-state index contributed by atoms with van der Waals surface area (Å²) >= 11 is 1.10. The van der Waals surface area contributed by atoms with Crippen molar-refractivity contribution in [2.45, 2.75) is 39.7 Å². The molecule has 0 spiro atoms. The summed E-state index contributed by atoms with van der Waals surface area (Å²) in [6.07, 6.45) is 1.63. The maximum absolute atomic E-state index is 11.5. The lowest BCUT2D eigenvalue weighted by molar-refractivity contribution is 0.0382. The SMILES string of the molecule is CCCc1nnsc1C(=O)OC(C)C. The summed E-state index contributed by atoms with van der Waals surface area (Å²) < 4.78 is 8.83. The highest BCUT2D eigenvalue weighted by molar-refractivity contribution is 7.07. The Balaban J connectivity index is 2.73. The molecule has 1 rings (SSSR count). The van der Waals surface area contributed by atoms with Crippen molar-refractivity contribution in [2.75, 3.05) is 0 Å². The number of hydrogen-bond acceptors (Lipinski definition) is 5. The van der Waals surface area contributed by atoms with Crippen LogP contribution >= 0.6 is 11.5 Å². The molecule has 0 bridgehead atoms. The van der Waals surface area contributed by atoms with Crippen LogP contribution in [-0.2, 0) is 11.2 Å². The molecular weight excluding hydrogens is 200 g/mol. The molecule has 0 aliphatic rings. The molecule has 0 atom stereocenters. The minimum Gasteiger partial charge on any atom is -0.459 e. The molecule has 0 aliphatic carbocycles. The van der Waals surface area contributed by atoms with E-state index >= 15 is 0 Å². The first kappa shape index (κ1) is 11.1. The van der Waals surface area contributed by atoms with Crippen LogP contribution in [0.15, 0.2) is 0 Å². The summed E-state index contributed by atoms with van der Waals surface area (Å²) in [5, 5.41) is 3.90. The third-order valence-corrected chi connectivity index (χ3v) is 2.32. The van der Waals surface area contributed by atoms with E-state index in [0.29, 0.717) is 4.88 Å². The largest absolute Gasteiger partial charge is 0.459 e. The number of carbonyl (C=O) groups excluding carboxylic acids is 1. The van der Waals surface area contributed by atoms with E-state index in [1.807, 2.05) is 20.8 Å². The van der Waals surface area contributed by atoms with Gasteiger partial charge in [-0.05, 0) is 31.8 Å². The molecule has 5 heteroatoms. The van der Waals surface area contributed by atoms with E-state index in [0.717, 1.165) is 30.1 Å². The van der Waals surface area contributed by atoms with Gasteiger partial charge in [-0.25, -0.2) is 4.79 Å². The van der Waals surface area contributed by atoms with Gasteiger partial charge in [0.1, 0.15) is 0 Å². The zero-order valence-corrected chi connectivity index (χ0v) is 9.43. The lowest BCUT2D eigenvalue weighted by atomic mass is 10.2. The fourth-order valence-electron chi connectivity index (χ4n) is 1.03. The van der Waals surface area contributed by atoms with E-state index in [1.54, 1.807) is 0 Å². The number of esters is 1. The maximum atomic E-state index is 11.5. The number of nitrogens with zero attached hydrogens (tertiary/aromatic N) is 2. The van der Waals surface area contributed by atoms with E-state index in [4.69, 9.17) is 4.74 Å². The van der Waals surface area contributed by atoms with Crippen molar-refractivity contribution >= 4 is 17.5 Å². The van der Waals surface area contributed by atoms with Gasteiger partial charge in [0, 0.05) is 0 Å². The van der Waals surface area contributed by atoms with E-state index in [-0.39, 0.29) is 12.1 Å². The molecule has 4 nitrogen and oxygen atoms in total. The summed E-state index contributed by atoms with van der Waals surface area (Å²) in [4.78, 5) is 12.1. The van der Waals surface area contributed by atoms with Crippen molar-refractivity contribution in [3.63, 3.8) is 0 Å². The predicted octanol–water partition coefficient (Wildman–Crippen LogP) is 2.06. The molecule has 0 amide bonds. The Kier molecular flexibility index (Phi) is 4.00. The van der Waals surface area contributed by atoms with Gasteiger partial charge in [-0.1, -0.05) is 17.8 Å². The smallest absolute Gasteiger partial charge is 0.352 e. The van der Waals surface area contributed by atoms with Crippen LogP contribution in [0.1, 0.15) is 42.6 Å². The Morgan fingerprint density at radius 3 is 2.86 bits per heavy atom. The molecular formula is C9H14N2O2S. The molecule has 0 fully saturated rings. The fraction of sp³-hybridized carbons (Fsp3) is 0.667. The predicted molar refractivity (Wildman–Crippen MR) is 54.5 cm³/mol. The molecule has 0 saturated carbocycles. The number of aromatic nitrogens is 2. The molecule has 14 heavy (non-hydrogen) atoms. The van der Waals surface area contributed by atoms with Crippen molar-refractivity contribution < 1.29 is 9.53 Å². The summed E-state index contributed by atoms with van der Waals surface area (Å²) in [6, 6.07) is 0. The third kappa shape index (κ3) is 2.77. The van der Waals surface area contributed by atoms with Gasteiger partial charge in [0.2, 0.25) is 0 Å². The van der Waals surface area contributed by atoms with Gasteiger partial charge in [0.05, 0.1) is 11.8 Å². The Labute approximate surface area is 87.5 Å². The van der Waals surface area contributed by atoms with Gasteiger partial charge in [-0.15, -0.1) is 5.10 Å².